The second-order valence-corrected chi connectivity index (χ2v) is 12.2. The standard InChI is InChI=1S/C35H37N5O2S/c1-22-12-14-29(16-23(22)2)37-35(43)38-30-18-27(34(42)36-24(3)26-8-5-4-6-9-26)13-15-32(30)39-19-25-17-28(21-39)31-10-7-11-33(41)40(31)20-25/h4-16,18,24-25,28H,17,19-21H2,1-3H3,(H,36,42)(H2,37,38,43). The summed E-state index contributed by atoms with van der Waals surface area (Å²) in [7, 11) is 0. The van der Waals surface area contributed by atoms with E-state index in [0.29, 0.717) is 16.6 Å². The van der Waals surface area contributed by atoms with Crippen molar-refractivity contribution < 1.29 is 4.79 Å². The lowest BCUT2D eigenvalue weighted by atomic mass is 9.83. The highest BCUT2D eigenvalue weighted by Crippen LogP contribution is 2.39. The van der Waals surface area contributed by atoms with Gasteiger partial charge in [-0.2, -0.15) is 0 Å². The molecule has 3 aromatic carbocycles. The lowest BCUT2D eigenvalue weighted by Gasteiger charge is -2.44. The number of nitrogens with zero attached hydrogens (tertiary/aromatic N) is 2. The molecule has 43 heavy (non-hydrogen) atoms. The Morgan fingerprint density at radius 3 is 2.49 bits per heavy atom. The van der Waals surface area contributed by atoms with Gasteiger partial charge in [-0.1, -0.05) is 42.5 Å². The number of aromatic nitrogens is 1. The molecule has 1 saturated heterocycles. The van der Waals surface area contributed by atoms with Crippen molar-refractivity contribution in [2.75, 3.05) is 28.6 Å². The second-order valence-electron chi connectivity index (χ2n) is 11.8. The topological polar surface area (TPSA) is 78.4 Å². The van der Waals surface area contributed by atoms with E-state index in [0.717, 1.165) is 54.4 Å². The van der Waals surface area contributed by atoms with Gasteiger partial charge in [0.15, 0.2) is 5.11 Å². The number of carbonyl (C=O) groups is 1. The summed E-state index contributed by atoms with van der Waals surface area (Å²) in [5.74, 6) is 0.460. The van der Waals surface area contributed by atoms with Gasteiger partial charge in [-0.15, -0.1) is 0 Å². The summed E-state index contributed by atoms with van der Waals surface area (Å²) in [5, 5.41) is 10.3. The molecule has 2 aliphatic rings. The molecule has 0 aliphatic carbocycles. The second kappa shape index (κ2) is 12.1. The van der Waals surface area contributed by atoms with Crippen LogP contribution in [-0.2, 0) is 6.54 Å². The van der Waals surface area contributed by atoms with Gasteiger partial charge in [-0.05, 0) is 98.4 Å². The molecule has 3 N–H and O–H groups in total. The van der Waals surface area contributed by atoms with Gasteiger partial charge in [0.1, 0.15) is 0 Å². The average Bonchev–Trinajstić information content (AvgIpc) is 3.00. The van der Waals surface area contributed by atoms with Crippen LogP contribution in [0, 0.1) is 19.8 Å². The zero-order valence-electron chi connectivity index (χ0n) is 24.8. The van der Waals surface area contributed by atoms with Crippen molar-refractivity contribution in [3.8, 4) is 0 Å². The molecule has 8 heteroatoms. The van der Waals surface area contributed by atoms with E-state index in [2.05, 4.69) is 52.9 Å². The Morgan fingerprint density at radius 1 is 0.884 bits per heavy atom. The number of thiocarbonyl (C=S) groups is 1. The number of anilines is 3. The van der Waals surface area contributed by atoms with Crippen molar-refractivity contribution in [2.24, 2.45) is 5.92 Å². The summed E-state index contributed by atoms with van der Waals surface area (Å²) in [6.07, 6.45) is 1.06. The Bertz CT molecular complexity index is 1730. The molecule has 3 heterocycles. The van der Waals surface area contributed by atoms with E-state index in [4.69, 9.17) is 12.2 Å². The normalized spacial score (nSPS) is 17.9. The molecule has 2 aliphatic heterocycles. The Balaban J connectivity index is 1.28. The van der Waals surface area contributed by atoms with Crippen molar-refractivity contribution in [1.82, 2.24) is 9.88 Å². The minimum atomic E-state index is -0.150. The van der Waals surface area contributed by atoms with Crippen LogP contribution in [0.25, 0.3) is 0 Å². The molecule has 6 rings (SSSR count). The Labute approximate surface area is 257 Å². The van der Waals surface area contributed by atoms with Crippen molar-refractivity contribution in [1.29, 1.82) is 0 Å². The van der Waals surface area contributed by atoms with E-state index in [1.54, 1.807) is 6.07 Å². The van der Waals surface area contributed by atoms with Crippen LogP contribution in [0.2, 0.25) is 0 Å². The molecule has 3 atom stereocenters. The van der Waals surface area contributed by atoms with Crippen LogP contribution in [-0.4, -0.2) is 28.7 Å². The van der Waals surface area contributed by atoms with E-state index in [1.165, 1.54) is 11.1 Å². The summed E-state index contributed by atoms with van der Waals surface area (Å²) in [5.41, 5.74) is 7.83. The summed E-state index contributed by atoms with van der Waals surface area (Å²) in [4.78, 5) is 28.3. The molecule has 1 amide bonds. The third-order valence-electron chi connectivity index (χ3n) is 8.74. The first kappa shape index (κ1) is 28.7. The fourth-order valence-electron chi connectivity index (χ4n) is 6.36. The molecule has 0 radical (unpaired) electrons. The minimum Gasteiger partial charge on any atom is -0.369 e. The lowest BCUT2D eigenvalue weighted by Crippen LogP contribution is -2.47. The molecular formula is C35H37N5O2S. The van der Waals surface area contributed by atoms with Crippen LogP contribution in [0.4, 0.5) is 17.1 Å². The molecule has 3 unspecified atom stereocenters. The highest BCUT2D eigenvalue weighted by molar-refractivity contribution is 7.80. The number of benzene rings is 3. The van der Waals surface area contributed by atoms with Crippen molar-refractivity contribution in [2.45, 2.75) is 45.7 Å². The van der Waals surface area contributed by atoms with E-state index >= 15 is 0 Å². The average molecular weight is 592 g/mol. The number of aryl methyl sites for hydroxylation is 2. The van der Waals surface area contributed by atoms with Crippen LogP contribution >= 0.6 is 12.2 Å². The summed E-state index contributed by atoms with van der Waals surface area (Å²) < 4.78 is 1.94. The third kappa shape index (κ3) is 6.20. The maximum Gasteiger partial charge on any atom is 0.251 e. The number of amides is 1. The van der Waals surface area contributed by atoms with Gasteiger partial charge in [0.2, 0.25) is 0 Å². The molecule has 7 nitrogen and oxygen atoms in total. The van der Waals surface area contributed by atoms with E-state index in [1.807, 2.05) is 72.2 Å². The van der Waals surface area contributed by atoms with Gasteiger partial charge in [-0.3, -0.25) is 9.59 Å². The fraction of sp³-hybridized carbons (Fsp3) is 0.286. The lowest BCUT2D eigenvalue weighted by molar-refractivity contribution is 0.0940. The Morgan fingerprint density at radius 2 is 1.70 bits per heavy atom. The molecular weight excluding hydrogens is 554 g/mol. The summed E-state index contributed by atoms with van der Waals surface area (Å²) in [6, 6.07) is 27.3. The van der Waals surface area contributed by atoms with Gasteiger partial charge in [-0.25, -0.2) is 0 Å². The van der Waals surface area contributed by atoms with Gasteiger partial charge in [0, 0.05) is 48.6 Å². The minimum absolute atomic E-state index is 0.0749. The Kier molecular flexibility index (Phi) is 8.04. The molecule has 0 spiro atoms. The number of hydrogen-bond acceptors (Lipinski definition) is 4. The highest BCUT2D eigenvalue weighted by Gasteiger charge is 2.35. The zero-order valence-corrected chi connectivity index (χ0v) is 25.6. The van der Waals surface area contributed by atoms with Crippen molar-refractivity contribution >= 4 is 40.3 Å². The number of carbonyl (C=O) groups excluding carboxylic acids is 1. The molecule has 4 aromatic rings. The van der Waals surface area contributed by atoms with Gasteiger partial charge < -0.3 is 25.4 Å². The number of rotatable bonds is 6. The summed E-state index contributed by atoms with van der Waals surface area (Å²) >= 11 is 5.77. The fourth-order valence-corrected chi connectivity index (χ4v) is 6.58. The van der Waals surface area contributed by atoms with E-state index in [-0.39, 0.29) is 23.4 Å². The number of hydrogen-bond donors (Lipinski definition) is 3. The quantitative estimate of drug-likeness (QED) is 0.226. The first-order valence-electron chi connectivity index (χ1n) is 14.8. The Hall–Kier alpha value is -4.43. The van der Waals surface area contributed by atoms with Crippen LogP contribution in [0.1, 0.15) is 58.0 Å². The van der Waals surface area contributed by atoms with Crippen molar-refractivity contribution in [3.05, 3.63) is 123 Å². The van der Waals surface area contributed by atoms with Crippen LogP contribution < -0.4 is 26.4 Å². The van der Waals surface area contributed by atoms with E-state index in [9.17, 15) is 9.59 Å². The van der Waals surface area contributed by atoms with Gasteiger partial charge >= 0.3 is 0 Å². The van der Waals surface area contributed by atoms with Gasteiger partial charge in [0.25, 0.3) is 11.5 Å². The smallest absolute Gasteiger partial charge is 0.251 e. The number of fused-ring (bicyclic) bond motifs is 4. The monoisotopic (exact) mass is 591 g/mol. The van der Waals surface area contributed by atoms with Crippen LogP contribution in [0.5, 0.6) is 0 Å². The first-order chi connectivity index (χ1) is 20.7. The largest absolute Gasteiger partial charge is 0.369 e. The number of nitrogens with one attached hydrogen (secondary N) is 3. The SMILES string of the molecule is Cc1ccc(NC(=S)Nc2cc(C(=O)NC(C)c3ccccc3)ccc2N2CC3CC(C2)c2cccc(=O)n2C3)cc1C. The molecule has 0 saturated carbocycles. The van der Waals surface area contributed by atoms with Crippen molar-refractivity contribution in [3.63, 3.8) is 0 Å². The predicted molar refractivity (Wildman–Crippen MR) is 178 cm³/mol. The first-order valence-corrected chi connectivity index (χ1v) is 15.3. The van der Waals surface area contributed by atoms with E-state index < -0.39 is 0 Å². The number of pyridine rings is 1. The zero-order chi connectivity index (χ0) is 30.1. The van der Waals surface area contributed by atoms with Crippen LogP contribution in [0.3, 0.4) is 0 Å². The highest BCUT2D eigenvalue weighted by atomic mass is 32.1. The number of piperidine rings is 1. The van der Waals surface area contributed by atoms with Gasteiger partial charge in [0.05, 0.1) is 17.4 Å². The third-order valence-corrected chi connectivity index (χ3v) is 8.94. The van der Waals surface area contributed by atoms with Crippen LogP contribution in [0.15, 0.2) is 89.7 Å². The molecule has 1 fully saturated rings. The maximum atomic E-state index is 13.4. The molecule has 1 aromatic heterocycles. The molecule has 220 valence electrons. The maximum absolute atomic E-state index is 13.4. The summed E-state index contributed by atoms with van der Waals surface area (Å²) in [6.45, 7) is 8.46. The predicted octanol–water partition coefficient (Wildman–Crippen LogP) is 6.39. The molecule has 2 bridgehead atoms.